The number of nitrogens with one attached hydrogen (secondary N) is 1. The highest BCUT2D eigenvalue weighted by Gasteiger charge is 2.06. The summed E-state index contributed by atoms with van der Waals surface area (Å²) in [4.78, 5) is 0. The predicted molar refractivity (Wildman–Crippen MR) is 76.8 cm³/mol. The highest BCUT2D eigenvalue weighted by molar-refractivity contribution is 6.31. The van der Waals surface area contributed by atoms with Crippen LogP contribution in [0.5, 0.6) is 5.75 Å². The van der Waals surface area contributed by atoms with Gasteiger partial charge in [-0.25, -0.2) is 0 Å². The van der Waals surface area contributed by atoms with Crippen molar-refractivity contribution in [3.05, 3.63) is 52.9 Å². The lowest BCUT2D eigenvalue weighted by atomic mass is 10.2. The maximum absolute atomic E-state index is 5.96. The first kappa shape index (κ1) is 14.0. The zero-order chi connectivity index (χ0) is 13.7. The number of hydrogen-bond acceptors (Lipinski definition) is 3. The van der Waals surface area contributed by atoms with Crippen molar-refractivity contribution in [1.82, 2.24) is 5.32 Å². The number of aryl methyl sites for hydroxylation is 1. The lowest BCUT2D eigenvalue weighted by Crippen LogP contribution is -2.24. The van der Waals surface area contributed by atoms with Crippen molar-refractivity contribution in [3.8, 4) is 5.75 Å². The topological polar surface area (TPSA) is 34.4 Å². The van der Waals surface area contributed by atoms with Crippen molar-refractivity contribution in [3.63, 3.8) is 0 Å². The molecule has 1 unspecified atom stereocenters. The SMILES string of the molecule is Cc1cc(OCCNC(C)c2ccco2)ccc1Cl. The Morgan fingerprint density at radius 3 is 2.89 bits per heavy atom. The minimum atomic E-state index is 0.186. The van der Waals surface area contributed by atoms with Gasteiger partial charge in [-0.2, -0.15) is 0 Å². The fourth-order valence-electron chi connectivity index (χ4n) is 1.79. The quantitative estimate of drug-likeness (QED) is 0.813. The first-order chi connectivity index (χ1) is 9.16. The molecule has 102 valence electrons. The van der Waals surface area contributed by atoms with Crippen molar-refractivity contribution in [2.24, 2.45) is 0 Å². The maximum Gasteiger partial charge on any atom is 0.120 e. The molecule has 0 saturated heterocycles. The molecule has 0 aliphatic rings. The molecule has 19 heavy (non-hydrogen) atoms. The molecule has 0 spiro atoms. The predicted octanol–water partition coefficient (Wildman–Crippen LogP) is 3.97. The van der Waals surface area contributed by atoms with Gasteiger partial charge in [-0.15, -0.1) is 0 Å². The average Bonchev–Trinajstić information content (AvgIpc) is 2.92. The van der Waals surface area contributed by atoms with Crippen LogP contribution in [0.2, 0.25) is 5.02 Å². The lowest BCUT2D eigenvalue weighted by Gasteiger charge is -2.12. The van der Waals surface area contributed by atoms with Crippen LogP contribution in [0.15, 0.2) is 41.0 Å². The largest absolute Gasteiger partial charge is 0.492 e. The molecule has 1 aromatic carbocycles. The average molecular weight is 280 g/mol. The fraction of sp³-hybridized carbons (Fsp3) is 0.333. The van der Waals surface area contributed by atoms with Gasteiger partial charge in [0.1, 0.15) is 18.1 Å². The summed E-state index contributed by atoms with van der Waals surface area (Å²) in [6.45, 7) is 5.38. The Labute approximate surface area is 118 Å². The molecule has 1 heterocycles. The van der Waals surface area contributed by atoms with E-state index in [-0.39, 0.29) is 6.04 Å². The van der Waals surface area contributed by atoms with E-state index in [2.05, 4.69) is 12.2 Å². The number of furan rings is 1. The minimum Gasteiger partial charge on any atom is -0.492 e. The van der Waals surface area contributed by atoms with Gasteiger partial charge in [0.25, 0.3) is 0 Å². The van der Waals surface area contributed by atoms with Crippen molar-refractivity contribution in [2.75, 3.05) is 13.2 Å². The van der Waals surface area contributed by atoms with Crippen LogP contribution in [0, 0.1) is 6.92 Å². The van der Waals surface area contributed by atoms with E-state index >= 15 is 0 Å². The van der Waals surface area contributed by atoms with Crippen LogP contribution in [0.25, 0.3) is 0 Å². The Morgan fingerprint density at radius 2 is 2.21 bits per heavy atom. The Balaban J connectivity index is 1.73. The molecule has 1 N–H and O–H groups in total. The van der Waals surface area contributed by atoms with Crippen LogP contribution in [0.4, 0.5) is 0 Å². The molecule has 0 saturated carbocycles. The summed E-state index contributed by atoms with van der Waals surface area (Å²) < 4.78 is 11.0. The number of hydrogen-bond donors (Lipinski definition) is 1. The van der Waals surface area contributed by atoms with Gasteiger partial charge in [0.15, 0.2) is 0 Å². The van der Waals surface area contributed by atoms with Crippen molar-refractivity contribution in [2.45, 2.75) is 19.9 Å². The molecule has 0 fully saturated rings. The summed E-state index contributed by atoms with van der Waals surface area (Å²) >= 11 is 5.96. The molecule has 0 aliphatic heterocycles. The molecule has 1 atom stereocenters. The Hall–Kier alpha value is -1.45. The van der Waals surface area contributed by atoms with Gasteiger partial charge in [-0.1, -0.05) is 11.6 Å². The van der Waals surface area contributed by atoms with Crippen LogP contribution in [-0.4, -0.2) is 13.2 Å². The molecule has 0 aliphatic carbocycles. The third-order valence-corrected chi connectivity index (χ3v) is 3.34. The van der Waals surface area contributed by atoms with Crippen LogP contribution in [-0.2, 0) is 0 Å². The third kappa shape index (κ3) is 4.01. The van der Waals surface area contributed by atoms with Gasteiger partial charge in [0.05, 0.1) is 12.3 Å². The molecular formula is C15H18ClNO2. The number of benzene rings is 1. The summed E-state index contributed by atoms with van der Waals surface area (Å²) in [5.41, 5.74) is 1.02. The van der Waals surface area contributed by atoms with Gasteiger partial charge in [0, 0.05) is 11.6 Å². The Kier molecular flexibility index (Phi) is 4.88. The van der Waals surface area contributed by atoms with E-state index in [9.17, 15) is 0 Å². The zero-order valence-electron chi connectivity index (χ0n) is 11.2. The number of halogens is 1. The minimum absolute atomic E-state index is 0.186. The van der Waals surface area contributed by atoms with Gasteiger partial charge in [-0.05, 0) is 49.7 Å². The van der Waals surface area contributed by atoms with E-state index in [4.69, 9.17) is 20.8 Å². The molecular weight excluding hydrogens is 262 g/mol. The zero-order valence-corrected chi connectivity index (χ0v) is 11.9. The highest BCUT2D eigenvalue weighted by atomic mass is 35.5. The smallest absolute Gasteiger partial charge is 0.120 e. The number of ether oxygens (including phenoxy) is 1. The van der Waals surface area contributed by atoms with Gasteiger partial charge < -0.3 is 14.5 Å². The van der Waals surface area contributed by atoms with E-state index in [1.165, 1.54) is 0 Å². The molecule has 0 radical (unpaired) electrons. The van der Waals surface area contributed by atoms with Crippen LogP contribution >= 0.6 is 11.6 Å². The fourth-order valence-corrected chi connectivity index (χ4v) is 1.91. The standard InChI is InChI=1S/C15H18ClNO2/c1-11-10-13(5-6-14(11)16)18-9-7-17-12(2)15-4-3-8-19-15/h3-6,8,10,12,17H,7,9H2,1-2H3. The van der Waals surface area contributed by atoms with E-state index < -0.39 is 0 Å². The molecule has 2 aromatic rings. The molecule has 2 rings (SSSR count). The number of rotatable bonds is 6. The van der Waals surface area contributed by atoms with E-state index in [1.54, 1.807) is 6.26 Å². The van der Waals surface area contributed by atoms with Crippen LogP contribution in [0.1, 0.15) is 24.3 Å². The molecule has 3 nitrogen and oxygen atoms in total. The summed E-state index contributed by atoms with van der Waals surface area (Å²) in [6.07, 6.45) is 1.68. The highest BCUT2D eigenvalue weighted by Crippen LogP contribution is 2.20. The van der Waals surface area contributed by atoms with Crippen molar-refractivity contribution in [1.29, 1.82) is 0 Å². The molecule has 1 aromatic heterocycles. The van der Waals surface area contributed by atoms with E-state index in [1.807, 2.05) is 37.3 Å². The van der Waals surface area contributed by atoms with Gasteiger partial charge in [-0.3, -0.25) is 0 Å². The van der Waals surface area contributed by atoms with Crippen molar-refractivity contribution >= 4 is 11.6 Å². The second-order valence-corrected chi connectivity index (χ2v) is 4.86. The normalized spacial score (nSPS) is 12.4. The summed E-state index contributed by atoms with van der Waals surface area (Å²) in [5, 5.41) is 4.10. The molecule has 0 bridgehead atoms. The third-order valence-electron chi connectivity index (χ3n) is 2.92. The van der Waals surface area contributed by atoms with Gasteiger partial charge in [0.2, 0.25) is 0 Å². The monoisotopic (exact) mass is 279 g/mol. The first-order valence-corrected chi connectivity index (χ1v) is 6.70. The Morgan fingerprint density at radius 1 is 1.37 bits per heavy atom. The second-order valence-electron chi connectivity index (χ2n) is 4.45. The second kappa shape index (κ2) is 6.64. The molecule has 4 heteroatoms. The van der Waals surface area contributed by atoms with Crippen LogP contribution < -0.4 is 10.1 Å². The van der Waals surface area contributed by atoms with E-state index in [0.29, 0.717) is 6.61 Å². The van der Waals surface area contributed by atoms with Gasteiger partial charge >= 0.3 is 0 Å². The molecule has 0 amide bonds. The lowest BCUT2D eigenvalue weighted by molar-refractivity contribution is 0.301. The maximum atomic E-state index is 5.96. The summed E-state index contributed by atoms with van der Waals surface area (Å²) in [5.74, 6) is 1.77. The Bertz CT molecular complexity index is 511. The first-order valence-electron chi connectivity index (χ1n) is 6.32. The summed E-state index contributed by atoms with van der Waals surface area (Å²) in [6, 6.07) is 9.71. The van der Waals surface area contributed by atoms with Crippen molar-refractivity contribution < 1.29 is 9.15 Å². The van der Waals surface area contributed by atoms with Crippen LogP contribution in [0.3, 0.4) is 0 Å². The summed E-state index contributed by atoms with van der Waals surface area (Å²) in [7, 11) is 0. The van der Waals surface area contributed by atoms with E-state index in [0.717, 1.165) is 28.6 Å².